The second-order valence-corrected chi connectivity index (χ2v) is 11.8. The Morgan fingerprint density at radius 1 is 1.02 bits per heavy atom. The SMILES string of the molecule is COc1ccc(-n2cc(-c3ccccc3)nc2NC(=O)CN(CC2CC2)S(=O)(=O)c2ccc(Cl)cc2)cc1OC. The van der Waals surface area contributed by atoms with Gasteiger partial charge in [0.05, 0.1) is 37.0 Å². The molecule has 1 fully saturated rings. The maximum Gasteiger partial charge on any atom is 0.243 e. The molecule has 40 heavy (non-hydrogen) atoms. The fraction of sp³-hybridized carbons (Fsp3) is 0.241. The van der Waals surface area contributed by atoms with Crippen molar-refractivity contribution >= 4 is 33.5 Å². The summed E-state index contributed by atoms with van der Waals surface area (Å²) >= 11 is 5.96. The monoisotopic (exact) mass is 580 g/mol. The smallest absolute Gasteiger partial charge is 0.243 e. The van der Waals surface area contributed by atoms with Crippen LogP contribution in [0.15, 0.2) is 83.9 Å². The lowest BCUT2D eigenvalue weighted by Gasteiger charge is -2.22. The number of ether oxygens (including phenoxy) is 2. The van der Waals surface area contributed by atoms with Crippen LogP contribution in [-0.4, -0.2) is 55.5 Å². The number of carbonyl (C=O) groups excluding carboxylic acids is 1. The second kappa shape index (κ2) is 11.7. The molecule has 1 aliphatic rings. The number of carbonyl (C=O) groups is 1. The molecule has 0 atom stereocenters. The Morgan fingerprint density at radius 3 is 2.38 bits per heavy atom. The van der Waals surface area contributed by atoms with Gasteiger partial charge in [0.25, 0.3) is 0 Å². The van der Waals surface area contributed by atoms with Crippen molar-refractivity contribution in [2.45, 2.75) is 17.7 Å². The summed E-state index contributed by atoms with van der Waals surface area (Å²) in [5.41, 5.74) is 2.17. The van der Waals surface area contributed by atoms with Gasteiger partial charge in [-0.05, 0) is 55.2 Å². The number of aromatic nitrogens is 2. The van der Waals surface area contributed by atoms with Gasteiger partial charge in [0.15, 0.2) is 11.5 Å². The lowest BCUT2D eigenvalue weighted by Crippen LogP contribution is -2.39. The largest absolute Gasteiger partial charge is 0.493 e. The molecule has 1 amide bonds. The molecule has 9 nitrogen and oxygen atoms in total. The lowest BCUT2D eigenvalue weighted by atomic mass is 10.2. The Labute approximate surface area is 238 Å². The molecule has 1 N–H and O–H groups in total. The standard InChI is InChI=1S/C29H29ClN4O5S/c1-38-26-15-12-23(16-27(26)39-2)34-18-25(21-6-4-3-5-7-21)31-29(34)32-28(35)19-33(17-20-8-9-20)40(36,37)24-13-10-22(30)11-14-24/h3-7,10-16,18,20H,8-9,17,19H2,1-2H3,(H,31,32,35). The van der Waals surface area contributed by atoms with Gasteiger partial charge in [-0.2, -0.15) is 4.31 Å². The van der Waals surface area contributed by atoms with E-state index in [2.05, 4.69) is 10.3 Å². The van der Waals surface area contributed by atoms with E-state index in [9.17, 15) is 13.2 Å². The molecule has 5 rings (SSSR count). The summed E-state index contributed by atoms with van der Waals surface area (Å²) in [6.07, 6.45) is 3.66. The molecule has 0 radical (unpaired) electrons. The van der Waals surface area contributed by atoms with E-state index < -0.39 is 15.9 Å². The maximum absolute atomic E-state index is 13.5. The molecule has 0 aliphatic heterocycles. The molecule has 0 unspecified atom stereocenters. The molecule has 3 aromatic carbocycles. The van der Waals surface area contributed by atoms with E-state index >= 15 is 0 Å². The summed E-state index contributed by atoms with van der Waals surface area (Å²) in [6.45, 7) is -0.0985. The van der Waals surface area contributed by atoms with Crippen molar-refractivity contribution < 1.29 is 22.7 Å². The number of methoxy groups -OCH3 is 2. The van der Waals surface area contributed by atoms with Crippen molar-refractivity contribution in [2.75, 3.05) is 32.6 Å². The number of halogens is 1. The van der Waals surface area contributed by atoms with Crippen LogP contribution in [0.1, 0.15) is 12.8 Å². The van der Waals surface area contributed by atoms with Gasteiger partial charge in [-0.1, -0.05) is 41.9 Å². The Bertz CT molecular complexity index is 1600. The molecular weight excluding hydrogens is 552 g/mol. The summed E-state index contributed by atoms with van der Waals surface area (Å²) in [5, 5.41) is 3.27. The highest BCUT2D eigenvalue weighted by atomic mass is 35.5. The van der Waals surface area contributed by atoms with Gasteiger partial charge >= 0.3 is 0 Å². The van der Waals surface area contributed by atoms with Gasteiger partial charge in [-0.25, -0.2) is 13.4 Å². The van der Waals surface area contributed by atoms with Gasteiger partial charge in [0, 0.05) is 29.4 Å². The number of hydrogen-bond donors (Lipinski definition) is 1. The number of imidazole rings is 1. The van der Waals surface area contributed by atoms with E-state index in [1.165, 1.54) is 28.6 Å². The summed E-state index contributed by atoms with van der Waals surface area (Å²) in [6, 6.07) is 20.9. The zero-order valence-corrected chi connectivity index (χ0v) is 23.7. The number of anilines is 1. The predicted octanol–water partition coefficient (Wildman–Crippen LogP) is 5.25. The average Bonchev–Trinajstić information content (AvgIpc) is 3.69. The number of nitrogens with one attached hydrogen (secondary N) is 1. The molecular formula is C29H29ClN4O5S. The Hall–Kier alpha value is -3.86. The van der Waals surface area contributed by atoms with Crippen molar-refractivity contribution in [3.63, 3.8) is 0 Å². The number of benzene rings is 3. The van der Waals surface area contributed by atoms with E-state index in [0.717, 1.165) is 18.4 Å². The van der Waals surface area contributed by atoms with Crippen LogP contribution >= 0.6 is 11.6 Å². The zero-order valence-electron chi connectivity index (χ0n) is 22.1. The zero-order chi connectivity index (χ0) is 28.3. The molecule has 1 saturated carbocycles. The van der Waals surface area contributed by atoms with Crippen LogP contribution in [0.5, 0.6) is 11.5 Å². The summed E-state index contributed by atoms with van der Waals surface area (Å²) in [7, 11) is -0.821. The van der Waals surface area contributed by atoms with Crippen LogP contribution in [0, 0.1) is 5.92 Å². The molecule has 11 heteroatoms. The van der Waals surface area contributed by atoms with E-state index in [4.69, 9.17) is 21.1 Å². The molecule has 0 bridgehead atoms. The number of sulfonamides is 1. The first-order chi connectivity index (χ1) is 19.3. The molecule has 0 saturated heterocycles. The van der Waals surface area contributed by atoms with Gasteiger partial charge in [-0.15, -0.1) is 0 Å². The number of nitrogens with zero attached hydrogens (tertiary/aromatic N) is 3. The fourth-order valence-corrected chi connectivity index (χ4v) is 5.90. The normalized spacial score (nSPS) is 13.3. The van der Waals surface area contributed by atoms with Crippen molar-refractivity contribution in [3.8, 4) is 28.4 Å². The van der Waals surface area contributed by atoms with Crippen LogP contribution in [0.4, 0.5) is 5.95 Å². The van der Waals surface area contributed by atoms with Crippen molar-refractivity contribution in [1.29, 1.82) is 0 Å². The minimum absolute atomic E-state index is 0.0866. The van der Waals surface area contributed by atoms with Gasteiger partial charge < -0.3 is 9.47 Å². The van der Waals surface area contributed by atoms with Gasteiger partial charge in [0.2, 0.25) is 21.9 Å². The number of rotatable bonds is 11. The quantitative estimate of drug-likeness (QED) is 0.260. The summed E-state index contributed by atoms with van der Waals surface area (Å²) in [4.78, 5) is 18.1. The summed E-state index contributed by atoms with van der Waals surface area (Å²) < 4.78 is 40.7. The molecule has 1 heterocycles. The first kappa shape index (κ1) is 27.7. The highest BCUT2D eigenvalue weighted by Gasteiger charge is 2.33. The number of hydrogen-bond acceptors (Lipinski definition) is 6. The third kappa shape index (κ3) is 6.14. The first-order valence-electron chi connectivity index (χ1n) is 12.7. The highest BCUT2D eigenvalue weighted by Crippen LogP contribution is 2.33. The lowest BCUT2D eigenvalue weighted by molar-refractivity contribution is -0.116. The predicted molar refractivity (Wildman–Crippen MR) is 154 cm³/mol. The molecule has 1 aliphatic carbocycles. The van der Waals surface area contributed by atoms with E-state index in [-0.39, 0.29) is 29.9 Å². The number of amides is 1. The van der Waals surface area contributed by atoms with E-state index in [0.29, 0.717) is 27.9 Å². The maximum atomic E-state index is 13.5. The van der Waals surface area contributed by atoms with Crippen LogP contribution < -0.4 is 14.8 Å². The second-order valence-electron chi connectivity index (χ2n) is 9.47. The molecule has 4 aromatic rings. The summed E-state index contributed by atoms with van der Waals surface area (Å²) in [5.74, 6) is 1.03. The van der Waals surface area contributed by atoms with Crippen LogP contribution in [-0.2, 0) is 14.8 Å². The average molecular weight is 581 g/mol. The van der Waals surface area contributed by atoms with Crippen molar-refractivity contribution in [1.82, 2.24) is 13.9 Å². The van der Waals surface area contributed by atoms with Crippen molar-refractivity contribution in [3.05, 3.63) is 84.0 Å². The minimum atomic E-state index is -3.92. The molecule has 208 valence electrons. The van der Waals surface area contributed by atoms with Crippen LogP contribution in [0.2, 0.25) is 5.02 Å². The Morgan fingerprint density at radius 2 is 1.73 bits per heavy atom. The Kier molecular flexibility index (Phi) is 8.11. The van der Waals surface area contributed by atoms with Crippen LogP contribution in [0.25, 0.3) is 16.9 Å². The van der Waals surface area contributed by atoms with E-state index in [1.54, 1.807) is 37.1 Å². The fourth-order valence-electron chi connectivity index (χ4n) is 4.30. The molecule has 1 aromatic heterocycles. The topological polar surface area (TPSA) is 103 Å². The Balaban J connectivity index is 1.46. The highest BCUT2D eigenvalue weighted by molar-refractivity contribution is 7.89. The first-order valence-corrected chi connectivity index (χ1v) is 14.5. The third-order valence-electron chi connectivity index (χ3n) is 6.60. The van der Waals surface area contributed by atoms with E-state index in [1.807, 2.05) is 36.4 Å². The van der Waals surface area contributed by atoms with Crippen LogP contribution in [0.3, 0.4) is 0 Å². The van der Waals surface area contributed by atoms with Crippen molar-refractivity contribution in [2.24, 2.45) is 5.92 Å². The molecule has 0 spiro atoms. The van der Waals surface area contributed by atoms with Gasteiger partial charge in [-0.3, -0.25) is 14.7 Å². The third-order valence-corrected chi connectivity index (χ3v) is 8.68. The van der Waals surface area contributed by atoms with Gasteiger partial charge in [0.1, 0.15) is 0 Å². The minimum Gasteiger partial charge on any atom is -0.493 e.